The van der Waals surface area contributed by atoms with E-state index in [0.717, 1.165) is 17.3 Å². The van der Waals surface area contributed by atoms with Crippen LogP contribution in [0.4, 0.5) is 32.0 Å². The Morgan fingerprint density at radius 3 is 2.15 bits per heavy atom. The van der Waals surface area contributed by atoms with Gasteiger partial charge >= 0.3 is 12.4 Å². The van der Waals surface area contributed by atoms with Gasteiger partial charge in [-0.2, -0.15) is 31.3 Å². The monoisotopic (exact) mass is 489 g/mol. The molecule has 2 aromatic rings. The Kier molecular flexibility index (Phi) is 7.35. The zero-order valence-electron chi connectivity index (χ0n) is 16.8. The molecule has 1 heterocycles. The number of anilines is 1. The van der Waals surface area contributed by atoms with E-state index in [-0.39, 0.29) is 17.7 Å². The van der Waals surface area contributed by atoms with Crippen LogP contribution in [0.3, 0.4) is 0 Å². The number of hydrogen-bond donors (Lipinski definition) is 2. The van der Waals surface area contributed by atoms with Crippen LogP contribution in [0.15, 0.2) is 53.5 Å². The molecule has 2 amide bonds. The molecule has 2 aromatic carbocycles. The van der Waals surface area contributed by atoms with E-state index in [9.17, 15) is 35.9 Å². The molecule has 3 rings (SSSR count). The number of aliphatic imine (C=N–C) groups is 1. The molecular weight excluding hydrogens is 472 g/mol. The number of amidine groups is 1. The zero-order valence-corrected chi connectivity index (χ0v) is 17.6. The molecular formula is C21H17F6N3O2S. The Bertz CT molecular complexity index is 1020. The average Bonchev–Trinajstić information content (AvgIpc) is 3.05. The predicted molar refractivity (Wildman–Crippen MR) is 112 cm³/mol. The van der Waals surface area contributed by atoms with Crippen molar-refractivity contribution in [3.05, 3.63) is 65.2 Å². The molecule has 12 heteroatoms. The second-order valence-electron chi connectivity index (χ2n) is 7.07. The molecule has 1 atom stereocenters. The molecule has 1 aliphatic rings. The van der Waals surface area contributed by atoms with Crippen molar-refractivity contribution >= 4 is 34.4 Å². The van der Waals surface area contributed by atoms with Crippen molar-refractivity contribution < 1.29 is 35.9 Å². The fourth-order valence-corrected chi connectivity index (χ4v) is 3.93. The minimum absolute atomic E-state index is 0.00250. The van der Waals surface area contributed by atoms with Crippen molar-refractivity contribution in [1.29, 1.82) is 0 Å². The lowest BCUT2D eigenvalue weighted by Gasteiger charge is -2.15. The minimum Gasteiger partial charge on any atom is -0.356 e. The number of nitrogens with one attached hydrogen (secondary N) is 2. The summed E-state index contributed by atoms with van der Waals surface area (Å²) in [5, 5.41) is 3.87. The van der Waals surface area contributed by atoms with E-state index in [0.29, 0.717) is 25.1 Å². The highest BCUT2D eigenvalue weighted by Gasteiger charge is 2.37. The van der Waals surface area contributed by atoms with Crippen molar-refractivity contribution in [3.63, 3.8) is 0 Å². The lowest BCUT2D eigenvalue weighted by molar-refractivity contribution is -0.143. The van der Waals surface area contributed by atoms with Gasteiger partial charge in [-0.25, -0.2) is 0 Å². The van der Waals surface area contributed by atoms with Gasteiger partial charge in [-0.15, -0.1) is 0 Å². The Labute approximate surface area is 188 Å². The summed E-state index contributed by atoms with van der Waals surface area (Å²) in [6, 6.07) is 10.4. The molecule has 1 unspecified atom stereocenters. The third kappa shape index (κ3) is 6.98. The lowest BCUT2D eigenvalue weighted by Crippen LogP contribution is -2.29. The molecule has 0 saturated heterocycles. The highest BCUT2D eigenvalue weighted by atomic mass is 32.2. The Morgan fingerprint density at radius 2 is 1.58 bits per heavy atom. The number of rotatable bonds is 6. The first kappa shape index (κ1) is 24.6. The van der Waals surface area contributed by atoms with Gasteiger partial charge in [0.1, 0.15) is 5.25 Å². The van der Waals surface area contributed by atoms with Gasteiger partial charge in [0.25, 0.3) is 5.91 Å². The van der Waals surface area contributed by atoms with Crippen LogP contribution in [0.25, 0.3) is 0 Å². The van der Waals surface area contributed by atoms with Crippen LogP contribution in [0.1, 0.15) is 23.1 Å². The summed E-state index contributed by atoms with van der Waals surface area (Å²) in [4.78, 5) is 27.8. The number of carbonyl (C=O) groups excluding carboxylic acids is 2. The average molecular weight is 489 g/mol. The first-order chi connectivity index (χ1) is 15.4. The number of alkyl halides is 6. The van der Waals surface area contributed by atoms with E-state index in [1.165, 1.54) is 0 Å². The van der Waals surface area contributed by atoms with E-state index >= 15 is 0 Å². The molecule has 0 fully saturated rings. The molecule has 0 bridgehead atoms. The highest BCUT2D eigenvalue weighted by molar-refractivity contribution is 8.15. The molecule has 1 aliphatic heterocycles. The molecule has 2 N–H and O–H groups in total. The Balaban J connectivity index is 1.59. The smallest absolute Gasteiger partial charge is 0.356 e. The summed E-state index contributed by atoms with van der Waals surface area (Å²) in [5.41, 5.74) is -2.50. The predicted octanol–water partition coefficient (Wildman–Crippen LogP) is 4.88. The quantitative estimate of drug-likeness (QED) is 0.568. The Morgan fingerprint density at radius 1 is 0.970 bits per heavy atom. The highest BCUT2D eigenvalue weighted by Crippen LogP contribution is 2.38. The van der Waals surface area contributed by atoms with Gasteiger partial charge in [0, 0.05) is 18.7 Å². The lowest BCUT2D eigenvalue weighted by atomic mass is 10.1. The molecule has 0 spiro atoms. The van der Waals surface area contributed by atoms with Gasteiger partial charge in [-0.05, 0) is 30.2 Å². The van der Waals surface area contributed by atoms with Crippen molar-refractivity contribution in [1.82, 2.24) is 5.32 Å². The zero-order chi connectivity index (χ0) is 24.2. The maximum atomic E-state index is 13.0. The van der Waals surface area contributed by atoms with E-state index in [4.69, 9.17) is 0 Å². The summed E-state index contributed by atoms with van der Waals surface area (Å²) in [5.74, 6) is -1.13. The number of nitrogens with zero attached hydrogens (tertiary/aromatic N) is 1. The molecule has 33 heavy (non-hydrogen) atoms. The van der Waals surface area contributed by atoms with Crippen molar-refractivity contribution in [2.45, 2.75) is 30.4 Å². The summed E-state index contributed by atoms with van der Waals surface area (Å²) < 4.78 is 78.0. The van der Waals surface area contributed by atoms with E-state index in [1.54, 1.807) is 0 Å². The molecule has 176 valence electrons. The Hall–Kier alpha value is -3.02. The fourth-order valence-electron chi connectivity index (χ4n) is 2.95. The van der Waals surface area contributed by atoms with E-state index in [1.807, 2.05) is 30.3 Å². The molecule has 0 saturated carbocycles. The molecule has 0 radical (unpaired) electrons. The molecule has 0 aromatic heterocycles. The first-order valence-electron chi connectivity index (χ1n) is 9.58. The van der Waals surface area contributed by atoms with Gasteiger partial charge in [0.05, 0.1) is 11.1 Å². The van der Waals surface area contributed by atoms with Gasteiger partial charge in [0.15, 0.2) is 5.17 Å². The molecule has 5 nitrogen and oxygen atoms in total. The maximum Gasteiger partial charge on any atom is 0.416 e. The van der Waals surface area contributed by atoms with Gasteiger partial charge < -0.3 is 10.6 Å². The van der Waals surface area contributed by atoms with Crippen LogP contribution < -0.4 is 10.6 Å². The van der Waals surface area contributed by atoms with Gasteiger partial charge in [-0.1, -0.05) is 42.1 Å². The van der Waals surface area contributed by atoms with Crippen LogP contribution in [0, 0.1) is 0 Å². The number of amides is 2. The number of halogens is 6. The second kappa shape index (κ2) is 9.86. The number of hydrogen-bond acceptors (Lipinski definition) is 4. The van der Waals surface area contributed by atoms with Gasteiger partial charge in [-0.3, -0.25) is 9.59 Å². The molecule has 0 aliphatic carbocycles. The van der Waals surface area contributed by atoms with Crippen LogP contribution in [0.2, 0.25) is 0 Å². The normalized spacial score (nSPS) is 16.5. The van der Waals surface area contributed by atoms with Crippen molar-refractivity contribution in [2.24, 2.45) is 4.99 Å². The number of carbonyl (C=O) groups is 2. The summed E-state index contributed by atoms with van der Waals surface area (Å²) in [6.45, 7) is 0.338. The third-order valence-electron chi connectivity index (χ3n) is 4.53. The van der Waals surface area contributed by atoms with Crippen LogP contribution in [-0.4, -0.2) is 28.8 Å². The van der Waals surface area contributed by atoms with Crippen molar-refractivity contribution in [3.8, 4) is 0 Å². The van der Waals surface area contributed by atoms with E-state index in [2.05, 4.69) is 15.6 Å². The summed E-state index contributed by atoms with van der Waals surface area (Å²) in [7, 11) is 0. The topological polar surface area (TPSA) is 70.6 Å². The summed E-state index contributed by atoms with van der Waals surface area (Å²) >= 11 is 0.764. The largest absolute Gasteiger partial charge is 0.416 e. The van der Waals surface area contributed by atoms with Gasteiger partial charge in [0.2, 0.25) is 5.91 Å². The third-order valence-corrected chi connectivity index (χ3v) is 5.60. The summed E-state index contributed by atoms with van der Waals surface area (Å²) in [6.07, 6.45) is -9.65. The fraction of sp³-hybridized carbons (Fsp3) is 0.286. The maximum absolute atomic E-state index is 13.0. The van der Waals surface area contributed by atoms with Crippen LogP contribution in [0.5, 0.6) is 0 Å². The minimum atomic E-state index is -5.00. The first-order valence-corrected chi connectivity index (χ1v) is 10.5. The number of benzene rings is 2. The van der Waals surface area contributed by atoms with Crippen molar-refractivity contribution in [2.75, 3.05) is 11.9 Å². The number of thioether (sulfide) groups is 1. The van der Waals surface area contributed by atoms with E-state index < -0.39 is 46.2 Å². The second-order valence-corrected chi connectivity index (χ2v) is 8.26. The SMILES string of the molecule is O=C(CC1SC(Nc2cc(C(F)(F)F)cc(C(F)(F)F)c2)=NC1=O)NCCc1ccccc1. The van der Waals surface area contributed by atoms with Crippen LogP contribution >= 0.6 is 11.8 Å². The standard InChI is InChI=1S/C21H17F6N3O2S/c22-20(23,24)13-8-14(21(25,26)27)10-15(9-13)29-19-30-18(32)16(33-19)11-17(31)28-7-6-12-4-2-1-3-5-12/h1-5,8-10,16H,6-7,11H2,(H,28,31)(H,29,30,32). The van der Waals surface area contributed by atoms with Crippen LogP contribution in [-0.2, 0) is 28.4 Å².